The Hall–Kier alpha value is -4.98. The van der Waals surface area contributed by atoms with Crippen LogP contribution in [0.4, 0.5) is 5.69 Å². The topological polar surface area (TPSA) is 101 Å². The fourth-order valence-electron chi connectivity index (χ4n) is 5.09. The van der Waals surface area contributed by atoms with Crippen LogP contribution in [-0.2, 0) is 29.0 Å². The van der Waals surface area contributed by atoms with Crippen molar-refractivity contribution in [2.24, 2.45) is 0 Å². The van der Waals surface area contributed by atoms with E-state index in [2.05, 4.69) is 36.6 Å². The molecule has 44 heavy (non-hydrogen) atoms. The lowest BCUT2D eigenvalue weighted by Gasteiger charge is -2.23. The van der Waals surface area contributed by atoms with E-state index in [-0.39, 0.29) is 18.4 Å². The standard InChI is InChI=1S/C36H40N4O4/c1-7-26-20-28(8-2)39-35-29(26)10-9-11-32(35)44-22-30-23(3)12-18-31(24(30)4)40(6)34(42)21-38-33(41)19-15-25-13-16-27(17-14-25)36(43)37-5/h9-20H,7-8,21-22H2,1-6H3,(H,37,43)(H,38,41). The van der Waals surface area contributed by atoms with Gasteiger partial charge in [-0.25, -0.2) is 4.98 Å². The fraction of sp³-hybridized carbons (Fsp3) is 0.278. The number of benzene rings is 3. The summed E-state index contributed by atoms with van der Waals surface area (Å²) < 4.78 is 6.38. The number of anilines is 1. The molecule has 0 aliphatic carbocycles. The molecule has 4 aromatic rings. The van der Waals surface area contributed by atoms with Crippen molar-refractivity contribution in [2.75, 3.05) is 25.5 Å². The van der Waals surface area contributed by atoms with Crippen LogP contribution in [0.5, 0.6) is 5.75 Å². The normalized spacial score (nSPS) is 11.0. The molecule has 8 heteroatoms. The third kappa shape index (κ3) is 7.32. The predicted octanol–water partition coefficient (Wildman–Crippen LogP) is 5.71. The highest BCUT2D eigenvalue weighted by molar-refractivity contribution is 5.99. The van der Waals surface area contributed by atoms with Gasteiger partial charge >= 0.3 is 0 Å². The van der Waals surface area contributed by atoms with Crippen molar-refractivity contribution in [1.29, 1.82) is 0 Å². The fourth-order valence-corrected chi connectivity index (χ4v) is 5.09. The molecule has 0 unspecified atom stereocenters. The number of nitrogens with zero attached hydrogens (tertiary/aromatic N) is 2. The van der Waals surface area contributed by atoms with E-state index in [4.69, 9.17) is 9.72 Å². The van der Waals surface area contributed by atoms with E-state index in [1.807, 2.05) is 38.1 Å². The Bertz CT molecular complexity index is 1710. The molecule has 0 saturated carbocycles. The average molecular weight is 593 g/mol. The summed E-state index contributed by atoms with van der Waals surface area (Å²) in [5.74, 6) is -0.0854. The summed E-state index contributed by atoms with van der Waals surface area (Å²) in [6.45, 7) is 8.43. The minimum Gasteiger partial charge on any atom is -0.487 e. The molecule has 1 heterocycles. The number of nitrogens with one attached hydrogen (secondary N) is 2. The van der Waals surface area contributed by atoms with E-state index in [0.29, 0.717) is 12.2 Å². The van der Waals surface area contributed by atoms with Gasteiger partial charge in [-0.15, -0.1) is 0 Å². The van der Waals surface area contributed by atoms with Gasteiger partial charge in [0.15, 0.2) is 0 Å². The zero-order chi connectivity index (χ0) is 31.8. The largest absolute Gasteiger partial charge is 0.487 e. The maximum Gasteiger partial charge on any atom is 0.251 e. The molecule has 0 bridgehead atoms. The van der Waals surface area contributed by atoms with Crippen molar-refractivity contribution >= 4 is 40.4 Å². The second-order valence-electron chi connectivity index (χ2n) is 10.6. The lowest BCUT2D eigenvalue weighted by molar-refractivity contribution is -0.122. The maximum atomic E-state index is 13.1. The van der Waals surface area contributed by atoms with Crippen LogP contribution in [0.25, 0.3) is 17.0 Å². The number of para-hydroxylation sites is 1. The number of hydrogen-bond acceptors (Lipinski definition) is 5. The van der Waals surface area contributed by atoms with Gasteiger partial charge in [0, 0.05) is 42.5 Å². The number of pyridine rings is 1. The van der Waals surface area contributed by atoms with Gasteiger partial charge in [0.05, 0.1) is 6.54 Å². The van der Waals surface area contributed by atoms with E-state index in [1.165, 1.54) is 11.6 Å². The van der Waals surface area contributed by atoms with Crippen LogP contribution < -0.4 is 20.3 Å². The lowest BCUT2D eigenvalue weighted by atomic mass is 10.0. The molecule has 1 aromatic heterocycles. The van der Waals surface area contributed by atoms with Crippen molar-refractivity contribution in [3.05, 3.63) is 106 Å². The molecule has 3 amide bonds. The van der Waals surface area contributed by atoms with Crippen LogP contribution in [-0.4, -0.2) is 43.3 Å². The number of aromatic nitrogens is 1. The number of likely N-dealkylation sites (N-methyl/N-ethyl adjacent to an activating group) is 1. The molecular formula is C36H40N4O4. The number of rotatable bonds is 11. The van der Waals surface area contributed by atoms with E-state index < -0.39 is 5.91 Å². The number of aryl methyl sites for hydroxylation is 3. The molecule has 0 atom stereocenters. The van der Waals surface area contributed by atoms with Gasteiger partial charge in [-0.1, -0.05) is 44.2 Å². The zero-order valence-electron chi connectivity index (χ0n) is 26.3. The number of carbonyl (C=O) groups is 3. The molecule has 0 radical (unpaired) electrons. The number of ether oxygens (including phenoxy) is 1. The lowest BCUT2D eigenvalue weighted by Crippen LogP contribution is -2.38. The molecular weight excluding hydrogens is 552 g/mol. The molecule has 2 N–H and O–H groups in total. The van der Waals surface area contributed by atoms with Crippen molar-refractivity contribution in [1.82, 2.24) is 15.6 Å². The van der Waals surface area contributed by atoms with E-state index in [0.717, 1.165) is 63.1 Å². The molecule has 8 nitrogen and oxygen atoms in total. The summed E-state index contributed by atoms with van der Waals surface area (Å²) in [7, 11) is 3.27. The first-order valence-electron chi connectivity index (χ1n) is 14.8. The summed E-state index contributed by atoms with van der Waals surface area (Å²) in [5.41, 5.74) is 8.20. The first-order chi connectivity index (χ1) is 21.2. The monoisotopic (exact) mass is 592 g/mol. The Labute approximate surface area is 259 Å². The summed E-state index contributed by atoms with van der Waals surface area (Å²) in [6.07, 6.45) is 4.76. The summed E-state index contributed by atoms with van der Waals surface area (Å²) in [4.78, 5) is 43.6. The number of fused-ring (bicyclic) bond motifs is 1. The second kappa shape index (κ2) is 14.5. The molecule has 0 spiro atoms. The van der Waals surface area contributed by atoms with Crippen molar-refractivity contribution in [3.8, 4) is 5.75 Å². The van der Waals surface area contributed by atoms with Crippen LogP contribution in [0, 0.1) is 13.8 Å². The van der Waals surface area contributed by atoms with Gasteiger partial charge in [0.25, 0.3) is 5.91 Å². The van der Waals surface area contributed by atoms with E-state index in [9.17, 15) is 14.4 Å². The van der Waals surface area contributed by atoms with Gasteiger partial charge in [-0.05, 0) is 90.9 Å². The molecule has 0 aliphatic heterocycles. The second-order valence-corrected chi connectivity index (χ2v) is 10.6. The third-order valence-corrected chi connectivity index (χ3v) is 7.84. The summed E-state index contributed by atoms with van der Waals surface area (Å²) >= 11 is 0. The SMILES string of the molecule is CCc1cc(CC)c2cccc(OCc3c(C)ccc(N(C)C(=O)CNC(=O)C=Cc4ccc(C(=O)NC)cc4)c3C)c2n1. The van der Waals surface area contributed by atoms with Gasteiger partial charge < -0.3 is 20.3 Å². The molecule has 0 aliphatic rings. The number of amides is 3. The zero-order valence-corrected chi connectivity index (χ0v) is 26.3. The van der Waals surface area contributed by atoms with Crippen molar-refractivity contribution in [2.45, 2.75) is 47.1 Å². The molecule has 0 saturated heterocycles. The highest BCUT2D eigenvalue weighted by Crippen LogP contribution is 2.31. The summed E-state index contributed by atoms with van der Waals surface area (Å²) in [6, 6.07) is 19.0. The highest BCUT2D eigenvalue weighted by atomic mass is 16.5. The Morgan fingerprint density at radius 3 is 2.41 bits per heavy atom. The molecule has 228 valence electrons. The quantitative estimate of drug-likeness (QED) is 0.218. The smallest absolute Gasteiger partial charge is 0.251 e. The number of carbonyl (C=O) groups excluding carboxylic acids is 3. The van der Waals surface area contributed by atoms with Gasteiger partial charge in [-0.3, -0.25) is 14.4 Å². The molecule has 3 aromatic carbocycles. The van der Waals surface area contributed by atoms with Gasteiger partial charge in [0.1, 0.15) is 17.9 Å². The third-order valence-electron chi connectivity index (χ3n) is 7.84. The van der Waals surface area contributed by atoms with Crippen LogP contribution >= 0.6 is 0 Å². The number of hydrogen-bond donors (Lipinski definition) is 2. The van der Waals surface area contributed by atoms with Crippen LogP contribution in [0.1, 0.15) is 57.7 Å². The minimum atomic E-state index is -0.391. The Kier molecular flexibility index (Phi) is 10.5. The highest BCUT2D eigenvalue weighted by Gasteiger charge is 2.18. The van der Waals surface area contributed by atoms with E-state index >= 15 is 0 Å². The van der Waals surface area contributed by atoms with Crippen LogP contribution in [0.2, 0.25) is 0 Å². The minimum absolute atomic E-state index is 0.157. The predicted molar refractivity (Wildman–Crippen MR) is 176 cm³/mol. The Morgan fingerprint density at radius 2 is 1.73 bits per heavy atom. The average Bonchev–Trinajstić information content (AvgIpc) is 3.05. The Balaban J connectivity index is 1.42. The first-order valence-corrected chi connectivity index (χ1v) is 14.8. The maximum absolute atomic E-state index is 13.1. The van der Waals surface area contributed by atoms with Gasteiger partial charge in [-0.2, -0.15) is 0 Å². The molecule has 0 fully saturated rings. The van der Waals surface area contributed by atoms with Crippen molar-refractivity contribution < 1.29 is 19.1 Å². The van der Waals surface area contributed by atoms with Crippen LogP contribution in [0.15, 0.2) is 66.7 Å². The Morgan fingerprint density at radius 1 is 0.977 bits per heavy atom. The van der Waals surface area contributed by atoms with Crippen molar-refractivity contribution in [3.63, 3.8) is 0 Å². The van der Waals surface area contributed by atoms with E-state index in [1.54, 1.807) is 49.3 Å². The molecule has 4 rings (SSSR count). The van der Waals surface area contributed by atoms with Gasteiger partial charge in [0.2, 0.25) is 11.8 Å². The van der Waals surface area contributed by atoms with Crippen LogP contribution in [0.3, 0.4) is 0 Å². The summed E-state index contributed by atoms with van der Waals surface area (Å²) in [5, 5.41) is 6.33. The first kappa shape index (κ1) is 31.9.